The van der Waals surface area contributed by atoms with Crippen molar-refractivity contribution >= 4 is 5.97 Å². The Morgan fingerprint density at radius 1 is 1.37 bits per heavy atom. The molecule has 0 aliphatic carbocycles. The lowest BCUT2D eigenvalue weighted by molar-refractivity contribution is -0.168. The summed E-state index contributed by atoms with van der Waals surface area (Å²) in [6.07, 6.45) is 2.38. The van der Waals surface area contributed by atoms with E-state index in [1.807, 2.05) is 0 Å². The topological polar surface area (TPSA) is 59.4 Å². The summed E-state index contributed by atoms with van der Waals surface area (Å²) in [5, 5.41) is 10.4. The van der Waals surface area contributed by atoms with Crippen molar-refractivity contribution in [3.63, 3.8) is 0 Å². The first-order valence-electron chi connectivity index (χ1n) is 6.10. The van der Waals surface area contributed by atoms with Gasteiger partial charge in [0, 0.05) is 11.8 Å². The number of hydrogen-bond acceptors (Lipinski definition) is 4. The molecule has 0 spiro atoms. The van der Waals surface area contributed by atoms with Gasteiger partial charge in [0.15, 0.2) is 0 Å². The van der Waals surface area contributed by atoms with Crippen LogP contribution in [0.4, 0.5) is 4.39 Å². The fourth-order valence-electron chi connectivity index (χ4n) is 1.56. The van der Waals surface area contributed by atoms with Crippen molar-refractivity contribution in [1.29, 1.82) is 0 Å². The number of aliphatic hydroxyl groups is 1. The van der Waals surface area contributed by atoms with Crippen molar-refractivity contribution in [3.8, 4) is 0 Å². The molecule has 0 bridgehead atoms. The second-order valence-corrected chi connectivity index (χ2v) is 5.79. The number of hydrogen-bond donors (Lipinski definition) is 1. The van der Waals surface area contributed by atoms with E-state index in [9.17, 15) is 14.3 Å². The van der Waals surface area contributed by atoms with Gasteiger partial charge in [0.1, 0.15) is 17.0 Å². The van der Waals surface area contributed by atoms with Crippen molar-refractivity contribution in [1.82, 2.24) is 4.98 Å². The van der Waals surface area contributed by atoms with Gasteiger partial charge in [-0.3, -0.25) is 9.78 Å². The molecule has 0 saturated heterocycles. The third-order valence-electron chi connectivity index (χ3n) is 2.89. The summed E-state index contributed by atoms with van der Waals surface area (Å²) < 4.78 is 18.4. The zero-order chi connectivity index (χ0) is 14.8. The highest BCUT2D eigenvalue weighted by Crippen LogP contribution is 2.30. The normalized spacial score (nSPS) is 16.6. The smallest absolute Gasteiger partial charge is 0.312 e. The monoisotopic (exact) mass is 269 g/mol. The minimum absolute atomic E-state index is 0.242. The molecule has 0 radical (unpaired) electrons. The molecule has 1 rings (SSSR count). The maximum atomic E-state index is 13.1. The molecule has 5 heteroatoms. The quantitative estimate of drug-likeness (QED) is 0.856. The van der Waals surface area contributed by atoms with Crippen LogP contribution < -0.4 is 0 Å². The van der Waals surface area contributed by atoms with E-state index < -0.39 is 28.9 Å². The van der Waals surface area contributed by atoms with E-state index >= 15 is 0 Å². The van der Waals surface area contributed by atoms with Crippen LogP contribution in [-0.4, -0.2) is 21.7 Å². The SMILES string of the molecule is CC(C(=O)OC(C)(C)C)C(C)(O)c1cncc(F)c1. The average Bonchev–Trinajstić information content (AvgIpc) is 2.25. The van der Waals surface area contributed by atoms with E-state index in [0.717, 1.165) is 12.3 Å². The van der Waals surface area contributed by atoms with Gasteiger partial charge in [-0.25, -0.2) is 4.39 Å². The lowest BCUT2D eigenvalue weighted by Gasteiger charge is -2.31. The van der Waals surface area contributed by atoms with Gasteiger partial charge < -0.3 is 9.84 Å². The summed E-state index contributed by atoms with van der Waals surface area (Å²) in [5.41, 5.74) is -1.94. The summed E-state index contributed by atoms with van der Waals surface area (Å²) >= 11 is 0. The van der Waals surface area contributed by atoms with Crippen LogP contribution in [0.25, 0.3) is 0 Å². The molecule has 1 aromatic rings. The first-order chi connectivity index (χ1) is 8.54. The Morgan fingerprint density at radius 2 is 1.95 bits per heavy atom. The second kappa shape index (κ2) is 5.25. The Labute approximate surface area is 112 Å². The first-order valence-corrected chi connectivity index (χ1v) is 6.10. The van der Waals surface area contributed by atoms with Gasteiger partial charge in [0.2, 0.25) is 0 Å². The van der Waals surface area contributed by atoms with E-state index in [0.29, 0.717) is 0 Å². The standard InChI is InChI=1S/C14H20FNO3/c1-9(12(17)19-13(2,3)4)14(5,18)10-6-11(15)8-16-7-10/h6-9,18H,1-5H3. The predicted molar refractivity (Wildman–Crippen MR) is 68.8 cm³/mol. The van der Waals surface area contributed by atoms with Crippen LogP contribution in [0.5, 0.6) is 0 Å². The molecule has 0 amide bonds. The number of ether oxygens (including phenoxy) is 1. The maximum Gasteiger partial charge on any atom is 0.312 e. The van der Waals surface area contributed by atoms with Crippen molar-refractivity contribution in [2.75, 3.05) is 0 Å². The highest BCUT2D eigenvalue weighted by Gasteiger charge is 2.38. The van der Waals surface area contributed by atoms with E-state index in [1.54, 1.807) is 27.7 Å². The summed E-state index contributed by atoms with van der Waals surface area (Å²) in [6.45, 7) is 8.22. The fourth-order valence-corrected chi connectivity index (χ4v) is 1.56. The average molecular weight is 269 g/mol. The number of carbonyl (C=O) groups is 1. The van der Waals surface area contributed by atoms with Crippen molar-refractivity contribution in [2.45, 2.75) is 45.8 Å². The first kappa shape index (κ1) is 15.6. The molecule has 19 heavy (non-hydrogen) atoms. The zero-order valence-electron chi connectivity index (χ0n) is 11.9. The molecule has 0 saturated carbocycles. The molecule has 1 heterocycles. The van der Waals surface area contributed by atoms with Crippen LogP contribution in [0.15, 0.2) is 18.5 Å². The maximum absolute atomic E-state index is 13.1. The third kappa shape index (κ3) is 3.99. The summed E-state index contributed by atoms with van der Waals surface area (Å²) in [4.78, 5) is 15.6. The largest absolute Gasteiger partial charge is 0.460 e. The molecule has 0 aromatic carbocycles. The fraction of sp³-hybridized carbons (Fsp3) is 0.571. The van der Waals surface area contributed by atoms with Crippen LogP contribution in [0, 0.1) is 11.7 Å². The minimum atomic E-state index is -1.54. The molecule has 2 unspecified atom stereocenters. The number of aromatic nitrogens is 1. The molecule has 4 nitrogen and oxygen atoms in total. The Hall–Kier alpha value is -1.49. The molecule has 0 aliphatic heterocycles. The van der Waals surface area contributed by atoms with Gasteiger partial charge in [-0.1, -0.05) is 0 Å². The number of halogens is 1. The second-order valence-electron chi connectivity index (χ2n) is 5.79. The predicted octanol–water partition coefficient (Wildman–Crippen LogP) is 2.41. The molecule has 0 aliphatic rings. The lowest BCUT2D eigenvalue weighted by atomic mass is 9.85. The highest BCUT2D eigenvalue weighted by atomic mass is 19.1. The van der Waals surface area contributed by atoms with Gasteiger partial charge in [0.25, 0.3) is 0 Å². The third-order valence-corrected chi connectivity index (χ3v) is 2.89. The molecular weight excluding hydrogens is 249 g/mol. The van der Waals surface area contributed by atoms with Crippen LogP contribution in [0.2, 0.25) is 0 Å². The van der Waals surface area contributed by atoms with Gasteiger partial charge >= 0.3 is 5.97 Å². The number of carbonyl (C=O) groups excluding carboxylic acids is 1. The highest BCUT2D eigenvalue weighted by molar-refractivity contribution is 5.74. The number of nitrogens with zero attached hydrogens (tertiary/aromatic N) is 1. The van der Waals surface area contributed by atoms with Crippen LogP contribution >= 0.6 is 0 Å². The Balaban J connectivity index is 2.96. The summed E-state index contributed by atoms with van der Waals surface area (Å²) in [5.74, 6) is -1.94. The van der Waals surface area contributed by atoms with Crippen molar-refractivity contribution in [3.05, 3.63) is 29.8 Å². The van der Waals surface area contributed by atoms with Gasteiger partial charge in [0.05, 0.1) is 12.1 Å². The van der Waals surface area contributed by atoms with Gasteiger partial charge in [-0.05, 0) is 40.7 Å². The van der Waals surface area contributed by atoms with Crippen LogP contribution in [0.1, 0.15) is 40.2 Å². The van der Waals surface area contributed by atoms with Crippen LogP contribution in [-0.2, 0) is 15.1 Å². The molecule has 106 valence electrons. The van der Waals surface area contributed by atoms with Crippen LogP contribution in [0.3, 0.4) is 0 Å². The molecule has 1 N–H and O–H groups in total. The Morgan fingerprint density at radius 3 is 2.42 bits per heavy atom. The summed E-state index contributed by atoms with van der Waals surface area (Å²) in [7, 11) is 0. The number of rotatable bonds is 3. The van der Waals surface area contributed by atoms with Crippen molar-refractivity contribution < 1.29 is 19.0 Å². The van der Waals surface area contributed by atoms with Crippen molar-refractivity contribution in [2.24, 2.45) is 5.92 Å². The zero-order valence-corrected chi connectivity index (χ0v) is 11.9. The van der Waals surface area contributed by atoms with Gasteiger partial charge in [-0.2, -0.15) is 0 Å². The van der Waals surface area contributed by atoms with E-state index in [-0.39, 0.29) is 5.56 Å². The van der Waals surface area contributed by atoms with E-state index in [1.165, 1.54) is 13.1 Å². The molecule has 2 atom stereocenters. The minimum Gasteiger partial charge on any atom is -0.460 e. The van der Waals surface area contributed by atoms with E-state index in [2.05, 4.69) is 4.98 Å². The summed E-state index contributed by atoms with van der Waals surface area (Å²) in [6, 6.07) is 1.16. The molecule has 1 aromatic heterocycles. The Kier molecular flexibility index (Phi) is 4.30. The lowest BCUT2D eigenvalue weighted by Crippen LogP contribution is -2.39. The molecule has 0 fully saturated rings. The number of pyridine rings is 1. The number of esters is 1. The van der Waals surface area contributed by atoms with Gasteiger partial charge in [-0.15, -0.1) is 0 Å². The molecular formula is C14H20FNO3. The Bertz CT molecular complexity index is 466. The van der Waals surface area contributed by atoms with E-state index in [4.69, 9.17) is 4.74 Å².